The van der Waals surface area contributed by atoms with Crippen molar-refractivity contribution >= 4 is 5.97 Å². The predicted molar refractivity (Wildman–Crippen MR) is 78.3 cm³/mol. The zero-order valence-electron chi connectivity index (χ0n) is 11.5. The van der Waals surface area contributed by atoms with Gasteiger partial charge < -0.3 is 4.74 Å². The number of rotatable bonds is 3. The number of esters is 1. The minimum Gasteiger partial charge on any atom is -0.465 e. The number of carbonyl (C=O) groups is 1. The van der Waals surface area contributed by atoms with E-state index in [1.54, 1.807) is 0 Å². The minimum absolute atomic E-state index is 0.0552. The topological polar surface area (TPSA) is 26.3 Å². The summed E-state index contributed by atoms with van der Waals surface area (Å²) in [6.45, 7) is 2.48. The van der Waals surface area contributed by atoms with E-state index >= 15 is 0 Å². The number of cyclic esters (lactones) is 1. The third kappa shape index (κ3) is 2.34. The fourth-order valence-electron chi connectivity index (χ4n) is 3.02. The quantitative estimate of drug-likeness (QED) is 0.793. The molecule has 1 aliphatic heterocycles. The first-order chi connectivity index (χ1) is 9.77. The van der Waals surface area contributed by atoms with Crippen LogP contribution in [0.2, 0.25) is 0 Å². The summed E-state index contributed by atoms with van der Waals surface area (Å²) in [7, 11) is 0. The van der Waals surface area contributed by atoms with Crippen LogP contribution in [0.1, 0.15) is 24.0 Å². The van der Waals surface area contributed by atoms with Gasteiger partial charge in [-0.15, -0.1) is 0 Å². The molecule has 1 heterocycles. The Hall–Kier alpha value is -2.09. The number of hydrogen-bond donors (Lipinski definition) is 0. The monoisotopic (exact) mass is 266 g/mol. The number of ether oxygens (including phenoxy) is 1. The largest absolute Gasteiger partial charge is 0.465 e. The molecule has 0 unspecified atom stereocenters. The lowest BCUT2D eigenvalue weighted by Gasteiger charge is -2.25. The van der Waals surface area contributed by atoms with Crippen molar-refractivity contribution in [3.8, 4) is 0 Å². The molecule has 1 saturated heterocycles. The van der Waals surface area contributed by atoms with E-state index in [2.05, 4.69) is 24.3 Å². The molecule has 1 fully saturated rings. The third-order valence-corrected chi connectivity index (χ3v) is 4.18. The molecule has 2 aromatic carbocycles. The van der Waals surface area contributed by atoms with Crippen LogP contribution in [0, 0.1) is 11.8 Å². The van der Waals surface area contributed by atoms with Crippen LogP contribution in [0.3, 0.4) is 0 Å². The van der Waals surface area contributed by atoms with Crippen LogP contribution < -0.4 is 0 Å². The number of hydrogen-bond acceptors (Lipinski definition) is 2. The first-order valence-electron chi connectivity index (χ1n) is 7.04. The number of carbonyl (C=O) groups excluding carboxylic acids is 1. The highest BCUT2D eigenvalue weighted by molar-refractivity contribution is 5.74. The van der Waals surface area contributed by atoms with Gasteiger partial charge in [-0.1, -0.05) is 67.6 Å². The molecule has 2 atom stereocenters. The summed E-state index contributed by atoms with van der Waals surface area (Å²) in [6.07, 6.45) is 0. The first kappa shape index (κ1) is 12.9. The van der Waals surface area contributed by atoms with E-state index in [9.17, 15) is 4.79 Å². The van der Waals surface area contributed by atoms with E-state index in [0.29, 0.717) is 6.61 Å². The average molecular weight is 266 g/mol. The molecule has 2 heteroatoms. The predicted octanol–water partition coefficient (Wildman–Crippen LogP) is 3.63. The molecule has 0 aromatic heterocycles. The van der Waals surface area contributed by atoms with Gasteiger partial charge in [0, 0.05) is 11.8 Å². The molecule has 2 aromatic rings. The van der Waals surface area contributed by atoms with Crippen LogP contribution in [0.25, 0.3) is 0 Å². The molecule has 2 nitrogen and oxygen atoms in total. The summed E-state index contributed by atoms with van der Waals surface area (Å²) in [5.41, 5.74) is 2.49. The van der Waals surface area contributed by atoms with E-state index in [1.807, 2.05) is 43.3 Å². The Morgan fingerprint density at radius 3 is 1.85 bits per heavy atom. The Labute approximate surface area is 119 Å². The van der Waals surface area contributed by atoms with Crippen LogP contribution in [0.15, 0.2) is 60.7 Å². The highest BCUT2D eigenvalue weighted by Gasteiger charge is 2.39. The molecule has 102 valence electrons. The van der Waals surface area contributed by atoms with Crippen LogP contribution in [-0.4, -0.2) is 12.6 Å². The van der Waals surface area contributed by atoms with Crippen molar-refractivity contribution in [1.29, 1.82) is 0 Å². The molecule has 0 saturated carbocycles. The van der Waals surface area contributed by atoms with Crippen molar-refractivity contribution in [2.24, 2.45) is 11.8 Å². The molecule has 0 aliphatic carbocycles. The van der Waals surface area contributed by atoms with E-state index < -0.39 is 0 Å². The van der Waals surface area contributed by atoms with Gasteiger partial charge in [-0.2, -0.15) is 0 Å². The standard InChI is InChI=1S/C18H18O2/c1-13-16(12-20-18(13)19)17(14-8-4-2-5-9-14)15-10-6-3-7-11-15/h2-11,13,16-17H,12H2,1H3/t13-,16-/m0/s1. The Morgan fingerprint density at radius 1 is 0.950 bits per heavy atom. The van der Waals surface area contributed by atoms with Crippen molar-refractivity contribution in [2.45, 2.75) is 12.8 Å². The van der Waals surface area contributed by atoms with Crippen molar-refractivity contribution in [3.63, 3.8) is 0 Å². The molecule has 0 radical (unpaired) electrons. The molecule has 3 rings (SSSR count). The Bertz CT molecular complexity index is 537. The van der Waals surface area contributed by atoms with Gasteiger partial charge in [0.15, 0.2) is 0 Å². The lowest BCUT2D eigenvalue weighted by atomic mass is 9.76. The normalized spacial score (nSPS) is 22.0. The fraction of sp³-hybridized carbons (Fsp3) is 0.278. The number of benzene rings is 2. The van der Waals surface area contributed by atoms with Crippen LogP contribution in [0.5, 0.6) is 0 Å². The maximum atomic E-state index is 11.7. The van der Waals surface area contributed by atoms with Gasteiger partial charge in [-0.05, 0) is 11.1 Å². The summed E-state index contributed by atoms with van der Waals surface area (Å²) < 4.78 is 5.26. The van der Waals surface area contributed by atoms with Gasteiger partial charge >= 0.3 is 5.97 Å². The lowest BCUT2D eigenvalue weighted by molar-refractivity contribution is -0.140. The van der Waals surface area contributed by atoms with E-state index in [1.165, 1.54) is 11.1 Å². The molecular weight excluding hydrogens is 248 g/mol. The summed E-state index contributed by atoms with van der Waals surface area (Å²) in [5.74, 6) is 0.276. The lowest BCUT2D eigenvalue weighted by Crippen LogP contribution is -2.21. The average Bonchev–Trinajstić information content (AvgIpc) is 2.82. The van der Waals surface area contributed by atoms with Crippen molar-refractivity contribution in [2.75, 3.05) is 6.61 Å². The molecule has 0 amide bonds. The zero-order chi connectivity index (χ0) is 13.9. The van der Waals surface area contributed by atoms with Gasteiger partial charge in [0.2, 0.25) is 0 Å². The second-order valence-corrected chi connectivity index (χ2v) is 5.38. The third-order valence-electron chi connectivity index (χ3n) is 4.18. The molecule has 0 N–H and O–H groups in total. The summed E-state index contributed by atoms with van der Waals surface area (Å²) in [6, 6.07) is 20.8. The molecular formula is C18H18O2. The molecule has 20 heavy (non-hydrogen) atoms. The Kier molecular flexibility index (Phi) is 3.55. The summed E-state index contributed by atoms with van der Waals surface area (Å²) in [5, 5.41) is 0. The zero-order valence-corrected chi connectivity index (χ0v) is 11.5. The van der Waals surface area contributed by atoms with Gasteiger partial charge in [-0.25, -0.2) is 0 Å². The first-order valence-corrected chi connectivity index (χ1v) is 7.04. The van der Waals surface area contributed by atoms with Gasteiger partial charge in [0.25, 0.3) is 0 Å². The second kappa shape index (κ2) is 5.49. The summed E-state index contributed by atoms with van der Waals surface area (Å²) >= 11 is 0. The van der Waals surface area contributed by atoms with Crippen molar-refractivity contribution in [3.05, 3.63) is 71.8 Å². The molecule has 0 bridgehead atoms. The second-order valence-electron chi connectivity index (χ2n) is 5.38. The Morgan fingerprint density at radius 2 is 1.45 bits per heavy atom. The van der Waals surface area contributed by atoms with Gasteiger partial charge in [0.1, 0.15) is 0 Å². The maximum Gasteiger partial charge on any atom is 0.309 e. The molecule has 0 spiro atoms. The van der Waals surface area contributed by atoms with Gasteiger partial charge in [0.05, 0.1) is 12.5 Å². The highest BCUT2D eigenvalue weighted by Crippen LogP contribution is 2.39. The van der Waals surface area contributed by atoms with Crippen LogP contribution in [-0.2, 0) is 9.53 Å². The minimum atomic E-state index is -0.0770. The fourth-order valence-corrected chi connectivity index (χ4v) is 3.02. The van der Waals surface area contributed by atoms with E-state index in [-0.39, 0.29) is 23.7 Å². The van der Waals surface area contributed by atoms with Crippen LogP contribution in [0.4, 0.5) is 0 Å². The summed E-state index contributed by atoms with van der Waals surface area (Å²) in [4.78, 5) is 11.7. The van der Waals surface area contributed by atoms with Gasteiger partial charge in [-0.3, -0.25) is 4.79 Å². The Balaban J connectivity index is 2.03. The smallest absolute Gasteiger partial charge is 0.309 e. The van der Waals surface area contributed by atoms with Crippen LogP contribution >= 0.6 is 0 Å². The SMILES string of the molecule is C[C@@H]1C(=O)OC[C@@H]1C(c1ccccc1)c1ccccc1. The van der Waals surface area contributed by atoms with E-state index in [0.717, 1.165) is 0 Å². The molecule has 1 aliphatic rings. The highest BCUT2D eigenvalue weighted by atomic mass is 16.5. The maximum absolute atomic E-state index is 11.7. The van der Waals surface area contributed by atoms with E-state index in [4.69, 9.17) is 4.74 Å². The van der Waals surface area contributed by atoms with Crippen molar-refractivity contribution in [1.82, 2.24) is 0 Å². The van der Waals surface area contributed by atoms with Crippen molar-refractivity contribution < 1.29 is 9.53 Å².